The van der Waals surface area contributed by atoms with Gasteiger partial charge in [0.1, 0.15) is 5.69 Å². The Morgan fingerprint density at radius 1 is 1.28 bits per heavy atom. The van der Waals surface area contributed by atoms with Gasteiger partial charge in [-0.1, -0.05) is 6.07 Å². The van der Waals surface area contributed by atoms with Crippen molar-refractivity contribution in [3.63, 3.8) is 0 Å². The second-order valence-corrected chi connectivity index (χ2v) is 3.50. The zero-order valence-corrected chi connectivity index (χ0v) is 8.82. The van der Waals surface area contributed by atoms with E-state index in [1.54, 1.807) is 0 Å². The molecule has 1 heterocycles. The van der Waals surface area contributed by atoms with E-state index in [0.29, 0.717) is 6.07 Å². The average Bonchev–Trinajstić information content (AvgIpc) is 2.71. The van der Waals surface area contributed by atoms with Crippen LogP contribution in [0.3, 0.4) is 0 Å². The van der Waals surface area contributed by atoms with Crippen LogP contribution in [0.2, 0.25) is 0 Å². The molecule has 0 aliphatic heterocycles. The van der Waals surface area contributed by atoms with E-state index in [2.05, 4.69) is 0 Å². The first kappa shape index (κ1) is 12.0. The van der Waals surface area contributed by atoms with Crippen molar-refractivity contribution in [3.05, 3.63) is 51.9 Å². The number of nitrogens with one attached hydrogen (secondary N) is 1. The van der Waals surface area contributed by atoms with Gasteiger partial charge in [-0.15, -0.1) is 0 Å². The van der Waals surface area contributed by atoms with E-state index in [9.17, 15) is 18.0 Å². The molecule has 0 aliphatic carbocycles. The van der Waals surface area contributed by atoms with E-state index in [4.69, 9.17) is 5.26 Å². The number of H-pyrrole nitrogens is 1. The monoisotopic (exact) mass is 253 g/mol. The number of hydrogen-bond acceptors (Lipinski definition) is 2. The summed E-state index contributed by atoms with van der Waals surface area (Å²) in [6.45, 7) is 0. The van der Waals surface area contributed by atoms with Gasteiger partial charge in [-0.05, 0) is 18.2 Å². The van der Waals surface area contributed by atoms with Crippen molar-refractivity contribution in [2.75, 3.05) is 0 Å². The molecule has 0 unspecified atom stereocenters. The average molecular weight is 253 g/mol. The summed E-state index contributed by atoms with van der Waals surface area (Å²) in [4.78, 5) is 11.4. The molecule has 2 aromatic rings. The predicted molar refractivity (Wildman–Crippen MR) is 56.1 cm³/mol. The lowest BCUT2D eigenvalue weighted by Crippen LogP contribution is -2.13. The highest BCUT2D eigenvalue weighted by Crippen LogP contribution is 2.26. The van der Waals surface area contributed by atoms with E-state index in [1.165, 1.54) is 24.3 Å². The Balaban J connectivity index is 2.55. The lowest BCUT2D eigenvalue weighted by molar-refractivity contribution is -0.141. The topological polar surface area (TPSA) is 61.6 Å². The minimum atomic E-state index is -4.61. The fourth-order valence-corrected chi connectivity index (χ4v) is 1.45. The molecule has 2 rings (SSSR count). The third-order valence-corrected chi connectivity index (χ3v) is 2.26. The standard InChI is InChI=1S/C11H6F3N3O/c12-11(13,14)9-5-10(18)17(16-9)8-3-1-2-7(4-8)6-15/h1-5,16H. The first-order chi connectivity index (χ1) is 8.41. The molecule has 0 saturated heterocycles. The maximum absolute atomic E-state index is 12.4. The molecule has 0 fully saturated rings. The Labute approximate surface area is 98.9 Å². The van der Waals surface area contributed by atoms with Crippen molar-refractivity contribution in [2.45, 2.75) is 6.18 Å². The molecule has 1 N–H and O–H groups in total. The molecule has 1 aromatic carbocycles. The van der Waals surface area contributed by atoms with Gasteiger partial charge in [-0.3, -0.25) is 9.89 Å². The SMILES string of the molecule is N#Cc1cccc(-n2[nH]c(C(F)(F)F)cc2=O)c1. The van der Waals surface area contributed by atoms with Gasteiger partial charge in [0.15, 0.2) is 0 Å². The molecule has 7 heteroatoms. The summed E-state index contributed by atoms with van der Waals surface area (Å²) in [5.41, 5.74) is -1.54. The van der Waals surface area contributed by atoms with E-state index >= 15 is 0 Å². The van der Waals surface area contributed by atoms with Gasteiger partial charge in [0.2, 0.25) is 0 Å². The Bertz CT molecular complexity index is 676. The molecule has 92 valence electrons. The maximum Gasteiger partial charge on any atom is 0.432 e. The highest BCUT2D eigenvalue weighted by molar-refractivity contribution is 5.40. The summed E-state index contributed by atoms with van der Waals surface area (Å²) in [7, 11) is 0. The van der Waals surface area contributed by atoms with Crippen LogP contribution in [0.15, 0.2) is 35.1 Å². The lowest BCUT2D eigenvalue weighted by atomic mass is 10.2. The van der Waals surface area contributed by atoms with Crippen molar-refractivity contribution in [1.29, 1.82) is 5.26 Å². The van der Waals surface area contributed by atoms with E-state index in [0.717, 1.165) is 4.68 Å². The third-order valence-electron chi connectivity index (χ3n) is 2.26. The second-order valence-electron chi connectivity index (χ2n) is 3.50. The van der Waals surface area contributed by atoms with Crippen molar-refractivity contribution < 1.29 is 13.2 Å². The molecular weight excluding hydrogens is 247 g/mol. The van der Waals surface area contributed by atoms with E-state index in [-0.39, 0.29) is 11.3 Å². The smallest absolute Gasteiger partial charge is 0.286 e. The Kier molecular flexibility index (Phi) is 2.71. The van der Waals surface area contributed by atoms with Crippen molar-refractivity contribution in [2.24, 2.45) is 0 Å². The number of benzene rings is 1. The number of halogens is 3. The summed E-state index contributed by atoms with van der Waals surface area (Å²) in [6.07, 6.45) is -4.61. The summed E-state index contributed by atoms with van der Waals surface area (Å²) in [5.74, 6) is 0. The first-order valence-corrected chi connectivity index (χ1v) is 4.81. The largest absolute Gasteiger partial charge is 0.432 e. The summed E-state index contributed by atoms with van der Waals surface area (Å²) in [5, 5.41) is 10.6. The number of rotatable bonds is 1. The van der Waals surface area contributed by atoms with Crippen LogP contribution < -0.4 is 5.56 Å². The number of aromatic amines is 1. The fourth-order valence-electron chi connectivity index (χ4n) is 1.45. The molecule has 0 bridgehead atoms. The summed E-state index contributed by atoms with van der Waals surface area (Å²) in [6, 6.07) is 8.03. The Hall–Kier alpha value is -2.49. The van der Waals surface area contributed by atoms with E-state index < -0.39 is 17.4 Å². The number of aromatic nitrogens is 2. The van der Waals surface area contributed by atoms with Gasteiger partial charge < -0.3 is 0 Å². The van der Waals surface area contributed by atoms with Crippen LogP contribution in [0.1, 0.15) is 11.3 Å². The van der Waals surface area contributed by atoms with Crippen LogP contribution in [-0.2, 0) is 6.18 Å². The van der Waals surface area contributed by atoms with Crippen LogP contribution in [0, 0.1) is 11.3 Å². The van der Waals surface area contributed by atoms with Gasteiger partial charge in [0.25, 0.3) is 5.56 Å². The van der Waals surface area contributed by atoms with Crippen LogP contribution in [0.4, 0.5) is 13.2 Å². The molecular formula is C11H6F3N3O. The fraction of sp³-hybridized carbons (Fsp3) is 0.0909. The summed E-state index contributed by atoms with van der Waals surface area (Å²) >= 11 is 0. The third kappa shape index (κ3) is 2.13. The van der Waals surface area contributed by atoms with Crippen molar-refractivity contribution in [1.82, 2.24) is 9.78 Å². The quantitative estimate of drug-likeness (QED) is 0.845. The van der Waals surface area contributed by atoms with E-state index in [1.807, 2.05) is 11.2 Å². The van der Waals surface area contributed by atoms with Crippen LogP contribution in [0.5, 0.6) is 0 Å². The molecule has 0 aliphatic rings. The van der Waals surface area contributed by atoms with Crippen LogP contribution >= 0.6 is 0 Å². The molecule has 4 nitrogen and oxygen atoms in total. The minimum Gasteiger partial charge on any atom is -0.286 e. The van der Waals surface area contributed by atoms with Gasteiger partial charge >= 0.3 is 6.18 Å². The Morgan fingerprint density at radius 3 is 2.56 bits per heavy atom. The Morgan fingerprint density at radius 2 is 2.00 bits per heavy atom. The number of alkyl halides is 3. The van der Waals surface area contributed by atoms with Crippen LogP contribution in [-0.4, -0.2) is 9.78 Å². The lowest BCUT2D eigenvalue weighted by Gasteiger charge is -2.04. The van der Waals surface area contributed by atoms with Gasteiger partial charge in [-0.25, -0.2) is 4.68 Å². The molecule has 0 radical (unpaired) electrons. The normalized spacial score (nSPS) is 11.2. The summed E-state index contributed by atoms with van der Waals surface area (Å²) < 4.78 is 38.0. The van der Waals surface area contributed by atoms with Crippen molar-refractivity contribution >= 4 is 0 Å². The molecule has 0 spiro atoms. The molecule has 0 atom stereocenters. The molecule has 18 heavy (non-hydrogen) atoms. The van der Waals surface area contributed by atoms with Gasteiger partial charge in [0, 0.05) is 6.07 Å². The molecule has 1 aromatic heterocycles. The van der Waals surface area contributed by atoms with Gasteiger partial charge in [0.05, 0.1) is 17.3 Å². The number of nitrogens with zero attached hydrogens (tertiary/aromatic N) is 2. The highest BCUT2D eigenvalue weighted by Gasteiger charge is 2.33. The maximum atomic E-state index is 12.4. The second kappa shape index (κ2) is 4.07. The molecule has 0 amide bonds. The highest BCUT2D eigenvalue weighted by atomic mass is 19.4. The minimum absolute atomic E-state index is 0.176. The zero-order chi connectivity index (χ0) is 13.3. The molecule has 0 saturated carbocycles. The first-order valence-electron chi connectivity index (χ1n) is 4.81. The number of nitriles is 1. The van der Waals surface area contributed by atoms with Gasteiger partial charge in [-0.2, -0.15) is 18.4 Å². The number of hydrogen-bond donors (Lipinski definition) is 1. The zero-order valence-electron chi connectivity index (χ0n) is 8.82. The van der Waals surface area contributed by atoms with Crippen molar-refractivity contribution in [3.8, 4) is 11.8 Å². The van der Waals surface area contributed by atoms with Crippen LogP contribution in [0.25, 0.3) is 5.69 Å². The predicted octanol–water partition coefficient (Wildman–Crippen LogP) is 2.06.